The van der Waals surface area contributed by atoms with E-state index in [-0.39, 0.29) is 11.8 Å². The molecule has 1 aromatic heterocycles. The molecule has 3 atom stereocenters. The number of pyridine rings is 1. The molecule has 0 radical (unpaired) electrons. The lowest BCUT2D eigenvalue weighted by atomic mass is 9.88. The molecular formula is C13H15ClN2O. The summed E-state index contributed by atoms with van der Waals surface area (Å²) in [6, 6.07) is 3.48. The van der Waals surface area contributed by atoms with Gasteiger partial charge in [0.05, 0.1) is 5.02 Å². The van der Waals surface area contributed by atoms with Crippen molar-refractivity contribution in [1.29, 1.82) is 0 Å². The first-order chi connectivity index (χ1) is 8.22. The van der Waals surface area contributed by atoms with Crippen LogP contribution in [0.4, 0.5) is 5.82 Å². The lowest BCUT2D eigenvalue weighted by molar-refractivity contribution is -0.121. The average molecular weight is 251 g/mol. The number of hydrogen-bond donors (Lipinski definition) is 1. The monoisotopic (exact) mass is 250 g/mol. The van der Waals surface area contributed by atoms with Crippen molar-refractivity contribution >= 4 is 23.3 Å². The fourth-order valence-electron chi connectivity index (χ4n) is 3.23. The van der Waals surface area contributed by atoms with Gasteiger partial charge in [0.15, 0.2) is 0 Å². The van der Waals surface area contributed by atoms with Crippen LogP contribution in [0.1, 0.15) is 25.7 Å². The van der Waals surface area contributed by atoms with Gasteiger partial charge in [0.25, 0.3) is 0 Å². The number of nitrogens with zero attached hydrogens (tertiary/aromatic N) is 1. The normalized spacial score (nSPS) is 30.5. The van der Waals surface area contributed by atoms with Gasteiger partial charge in [0.2, 0.25) is 5.91 Å². The maximum atomic E-state index is 12.1. The van der Waals surface area contributed by atoms with Crippen molar-refractivity contribution < 1.29 is 4.79 Å². The zero-order valence-electron chi connectivity index (χ0n) is 9.53. The summed E-state index contributed by atoms with van der Waals surface area (Å²) in [7, 11) is 0. The van der Waals surface area contributed by atoms with Crippen molar-refractivity contribution in [1.82, 2.24) is 4.98 Å². The van der Waals surface area contributed by atoms with E-state index in [2.05, 4.69) is 10.3 Å². The molecule has 0 aliphatic heterocycles. The number of carbonyl (C=O) groups excluding carboxylic acids is 1. The van der Waals surface area contributed by atoms with Crippen LogP contribution in [-0.4, -0.2) is 10.9 Å². The Kier molecular flexibility index (Phi) is 2.79. The summed E-state index contributed by atoms with van der Waals surface area (Å²) in [5.41, 5.74) is 0. The Labute approximate surface area is 106 Å². The third kappa shape index (κ3) is 2.16. The van der Waals surface area contributed by atoms with E-state index in [9.17, 15) is 4.79 Å². The highest BCUT2D eigenvalue weighted by Crippen LogP contribution is 2.48. The van der Waals surface area contributed by atoms with Crippen LogP contribution in [0.5, 0.6) is 0 Å². The Morgan fingerprint density at radius 3 is 2.82 bits per heavy atom. The predicted octanol–water partition coefficient (Wildman–Crippen LogP) is 3.11. The Hall–Kier alpha value is -1.09. The molecule has 2 aliphatic carbocycles. The molecule has 4 heteroatoms. The van der Waals surface area contributed by atoms with Gasteiger partial charge in [-0.05, 0) is 43.2 Å². The minimum Gasteiger partial charge on any atom is -0.310 e. The van der Waals surface area contributed by atoms with Crippen LogP contribution in [0.3, 0.4) is 0 Å². The highest BCUT2D eigenvalue weighted by molar-refractivity contribution is 6.30. The quantitative estimate of drug-likeness (QED) is 0.876. The van der Waals surface area contributed by atoms with E-state index in [4.69, 9.17) is 11.6 Å². The molecule has 2 aliphatic rings. The predicted molar refractivity (Wildman–Crippen MR) is 66.8 cm³/mol. The molecule has 3 unspecified atom stereocenters. The molecule has 1 aromatic rings. The molecule has 1 N–H and O–H groups in total. The van der Waals surface area contributed by atoms with Gasteiger partial charge in [0.1, 0.15) is 5.82 Å². The summed E-state index contributed by atoms with van der Waals surface area (Å²) in [5.74, 6) is 2.32. The van der Waals surface area contributed by atoms with Crippen LogP contribution < -0.4 is 5.32 Å². The van der Waals surface area contributed by atoms with Crippen molar-refractivity contribution in [3.8, 4) is 0 Å². The Morgan fingerprint density at radius 2 is 2.24 bits per heavy atom. The summed E-state index contributed by atoms with van der Waals surface area (Å²) in [5, 5.41) is 3.47. The van der Waals surface area contributed by atoms with Crippen molar-refractivity contribution in [2.24, 2.45) is 17.8 Å². The molecule has 2 saturated carbocycles. The van der Waals surface area contributed by atoms with Gasteiger partial charge >= 0.3 is 0 Å². The minimum atomic E-state index is 0.132. The summed E-state index contributed by atoms with van der Waals surface area (Å²) in [4.78, 5) is 16.2. The molecule has 90 valence electrons. The largest absolute Gasteiger partial charge is 0.310 e. The molecule has 3 rings (SSSR count). The maximum absolute atomic E-state index is 12.1. The molecule has 3 nitrogen and oxygen atoms in total. The smallest absolute Gasteiger partial charge is 0.228 e. The third-order valence-electron chi connectivity index (χ3n) is 4.05. The summed E-state index contributed by atoms with van der Waals surface area (Å²) >= 11 is 5.75. The second kappa shape index (κ2) is 4.30. The van der Waals surface area contributed by atoms with Gasteiger partial charge in [-0.15, -0.1) is 0 Å². The van der Waals surface area contributed by atoms with E-state index in [1.54, 1.807) is 18.3 Å². The van der Waals surface area contributed by atoms with Gasteiger partial charge in [-0.2, -0.15) is 0 Å². The summed E-state index contributed by atoms with van der Waals surface area (Å²) in [6.07, 6.45) is 6.39. The van der Waals surface area contributed by atoms with Crippen LogP contribution in [-0.2, 0) is 4.79 Å². The van der Waals surface area contributed by atoms with Crippen LogP contribution in [0.25, 0.3) is 0 Å². The first-order valence-electron chi connectivity index (χ1n) is 6.15. The first kappa shape index (κ1) is 11.0. The number of aromatic nitrogens is 1. The Bertz CT molecular complexity index is 432. The van der Waals surface area contributed by atoms with E-state index in [1.165, 1.54) is 19.3 Å². The van der Waals surface area contributed by atoms with Gasteiger partial charge in [0, 0.05) is 12.1 Å². The molecule has 1 amide bonds. The minimum absolute atomic E-state index is 0.132. The zero-order valence-corrected chi connectivity index (χ0v) is 10.3. The van der Waals surface area contributed by atoms with E-state index < -0.39 is 0 Å². The summed E-state index contributed by atoms with van der Waals surface area (Å²) < 4.78 is 0. The van der Waals surface area contributed by atoms with Crippen molar-refractivity contribution in [3.05, 3.63) is 23.4 Å². The number of hydrogen-bond acceptors (Lipinski definition) is 2. The zero-order chi connectivity index (χ0) is 11.8. The molecule has 0 saturated heterocycles. The number of carbonyl (C=O) groups is 1. The highest BCUT2D eigenvalue weighted by Gasteiger charge is 2.43. The summed E-state index contributed by atoms with van der Waals surface area (Å²) in [6.45, 7) is 0. The van der Waals surface area contributed by atoms with E-state index >= 15 is 0 Å². The number of rotatable bonds is 2. The van der Waals surface area contributed by atoms with Crippen molar-refractivity contribution in [3.63, 3.8) is 0 Å². The first-order valence-corrected chi connectivity index (χ1v) is 6.52. The third-order valence-corrected chi connectivity index (χ3v) is 4.28. The SMILES string of the molecule is O=C(Nc1ccc(Cl)cn1)C1CC2CCC1C2. The lowest BCUT2D eigenvalue weighted by Gasteiger charge is -2.20. The topological polar surface area (TPSA) is 42.0 Å². The molecule has 17 heavy (non-hydrogen) atoms. The van der Waals surface area contributed by atoms with Crippen LogP contribution in [0.15, 0.2) is 18.3 Å². The van der Waals surface area contributed by atoms with Gasteiger partial charge in [-0.3, -0.25) is 4.79 Å². The van der Waals surface area contributed by atoms with Crippen LogP contribution >= 0.6 is 11.6 Å². The van der Waals surface area contributed by atoms with Gasteiger partial charge in [-0.25, -0.2) is 4.98 Å². The maximum Gasteiger partial charge on any atom is 0.228 e. The highest BCUT2D eigenvalue weighted by atomic mass is 35.5. The number of halogens is 1. The molecule has 0 spiro atoms. The standard InChI is InChI=1S/C13H15ClN2O/c14-10-3-4-12(15-7-10)16-13(17)11-6-8-1-2-9(11)5-8/h3-4,7-9,11H,1-2,5-6H2,(H,15,16,17). The molecular weight excluding hydrogens is 236 g/mol. The number of nitrogens with one attached hydrogen (secondary N) is 1. The van der Waals surface area contributed by atoms with Gasteiger partial charge < -0.3 is 5.32 Å². The fraction of sp³-hybridized carbons (Fsp3) is 0.538. The second-order valence-electron chi connectivity index (χ2n) is 5.13. The van der Waals surface area contributed by atoms with Crippen LogP contribution in [0, 0.1) is 17.8 Å². The number of fused-ring (bicyclic) bond motifs is 2. The second-order valence-corrected chi connectivity index (χ2v) is 5.57. The van der Waals surface area contributed by atoms with E-state index in [0.29, 0.717) is 16.8 Å². The van der Waals surface area contributed by atoms with Gasteiger partial charge in [-0.1, -0.05) is 18.0 Å². The van der Waals surface area contributed by atoms with Crippen LogP contribution in [0.2, 0.25) is 5.02 Å². The fourth-order valence-corrected chi connectivity index (χ4v) is 3.35. The Balaban J connectivity index is 1.65. The van der Waals surface area contributed by atoms with Crippen molar-refractivity contribution in [2.45, 2.75) is 25.7 Å². The molecule has 0 aromatic carbocycles. The Morgan fingerprint density at radius 1 is 1.35 bits per heavy atom. The lowest BCUT2D eigenvalue weighted by Crippen LogP contribution is -2.27. The molecule has 1 heterocycles. The molecule has 2 fully saturated rings. The average Bonchev–Trinajstić information content (AvgIpc) is 2.94. The number of amides is 1. The molecule has 2 bridgehead atoms. The number of anilines is 1. The van der Waals surface area contributed by atoms with E-state index in [0.717, 1.165) is 12.3 Å². The van der Waals surface area contributed by atoms with E-state index in [1.807, 2.05) is 0 Å². The van der Waals surface area contributed by atoms with Crippen molar-refractivity contribution in [2.75, 3.05) is 5.32 Å².